The van der Waals surface area contributed by atoms with E-state index in [-0.39, 0.29) is 56.1 Å². The van der Waals surface area contributed by atoms with Gasteiger partial charge in [-0.15, -0.1) is 0 Å². The normalized spacial score (nSPS) is 34.3. The lowest BCUT2D eigenvalue weighted by Gasteiger charge is -2.58. The average Bonchev–Trinajstić information content (AvgIpc) is 3.09. The molecule has 4 N–H and O–H groups in total. The van der Waals surface area contributed by atoms with Gasteiger partial charge < -0.3 is 39.7 Å². The van der Waals surface area contributed by atoms with Gasteiger partial charge in [0, 0.05) is 25.1 Å². The molecule has 10 nitrogen and oxygen atoms in total. The zero-order valence-electron chi connectivity index (χ0n) is 30.8. The third-order valence-corrected chi connectivity index (χ3v) is 13.5. The Morgan fingerprint density at radius 1 is 1.06 bits per heavy atom. The molecule has 1 aromatic rings. The van der Waals surface area contributed by atoms with Gasteiger partial charge >= 0.3 is 0 Å². The molecule has 0 aromatic heterocycles. The number of halogens is 1. The van der Waals surface area contributed by atoms with Crippen LogP contribution in [0.4, 0.5) is 0 Å². The van der Waals surface area contributed by atoms with Gasteiger partial charge in [0.15, 0.2) is 11.5 Å². The number of hydrogen-bond donors (Lipinski definition) is 4. The first-order chi connectivity index (χ1) is 24.4. The van der Waals surface area contributed by atoms with Crippen molar-refractivity contribution in [1.29, 1.82) is 0 Å². The molecule has 5 saturated carbocycles. The Hall–Kier alpha value is -1.93. The smallest absolute Gasteiger partial charge is 0.248 e. The summed E-state index contributed by atoms with van der Waals surface area (Å²) >= 11 is 2.12. The first-order valence-corrected chi connectivity index (χ1v) is 20.3. The van der Waals surface area contributed by atoms with Gasteiger partial charge in [0.1, 0.15) is 18.8 Å². The van der Waals surface area contributed by atoms with E-state index >= 15 is 0 Å². The van der Waals surface area contributed by atoms with E-state index in [4.69, 9.17) is 14.2 Å². The molecule has 5 fully saturated rings. The number of carbonyl (C=O) groups is 2. The van der Waals surface area contributed by atoms with Gasteiger partial charge in [-0.3, -0.25) is 9.59 Å². The van der Waals surface area contributed by atoms with Crippen LogP contribution in [0.3, 0.4) is 0 Å². The number of amides is 2. The van der Waals surface area contributed by atoms with Gasteiger partial charge in [0.25, 0.3) is 0 Å². The number of nitrogens with zero attached hydrogens (tertiary/aromatic N) is 1. The highest BCUT2D eigenvalue weighted by atomic mass is 127. The van der Waals surface area contributed by atoms with Crippen LogP contribution in [0.15, 0.2) is 23.8 Å². The highest BCUT2D eigenvalue weighted by Gasteiger charge is 2.53. The highest BCUT2D eigenvalue weighted by Crippen LogP contribution is 2.60. The second kappa shape index (κ2) is 16.6. The van der Waals surface area contributed by atoms with E-state index in [1.807, 2.05) is 4.90 Å². The summed E-state index contributed by atoms with van der Waals surface area (Å²) in [6.07, 6.45) is 9.99. The number of carbonyl (C=O) groups excluding carboxylic acids is 2. The topological polar surface area (TPSA) is 138 Å². The second-order valence-corrected chi connectivity index (χ2v) is 18.1. The maximum absolute atomic E-state index is 14.7. The van der Waals surface area contributed by atoms with Gasteiger partial charge in [-0.25, -0.2) is 0 Å². The van der Waals surface area contributed by atoms with Crippen molar-refractivity contribution in [2.24, 2.45) is 40.9 Å². The zero-order chi connectivity index (χ0) is 36.4. The van der Waals surface area contributed by atoms with Crippen molar-refractivity contribution in [3.05, 3.63) is 32.9 Å². The molecule has 0 spiro atoms. The number of aliphatic hydroxyl groups is 3. The lowest BCUT2D eigenvalue weighted by Crippen LogP contribution is -2.60. The molecule has 6 atom stereocenters. The molecule has 0 saturated heterocycles. The summed E-state index contributed by atoms with van der Waals surface area (Å²) in [6.45, 7) is 6.91. The zero-order valence-corrected chi connectivity index (χ0v) is 33.0. The van der Waals surface area contributed by atoms with Crippen LogP contribution in [0.5, 0.6) is 11.5 Å². The Kier molecular flexibility index (Phi) is 12.6. The molecule has 11 heteroatoms. The van der Waals surface area contributed by atoms with Crippen molar-refractivity contribution in [3.63, 3.8) is 0 Å². The van der Waals surface area contributed by atoms with Crippen LogP contribution in [-0.4, -0.2) is 89.8 Å². The minimum absolute atomic E-state index is 0.00242. The van der Waals surface area contributed by atoms with Gasteiger partial charge in [-0.2, -0.15) is 0 Å². The first kappa shape index (κ1) is 38.8. The maximum Gasteiger partial charge on any atom is 0.248 e. The fourth-order valence-corrected chi connectivity index (χ4v) is 11.5. The van der Waals surface area contributed by atoms with Crippen molar-refractivity contribution >= 4 is 34.4 Å². The molecule has 51 heavy (non-hydrogen) atoms. The van der Waals surface area contributed by atoms with Crippen LogP contribution in [0.25, 0.3) is 0 Å². The fourth-order valence-electron chi connectivity index (χ4n) is 10.7. The lowest BCUT2D eigenvalue weighted by molar-refractivity contribution is -0.156. The Labute approximate surface area is 317 Å². The largest absolute Gasteiger partial charge is 0.493 e. The Morgan fingerprint density at radius 2 is 1.75 bits per heavy atom. The molecule has 284 valence electrons. The minimum atomic E-state index is -1.15. The molecular formula is C40H59IN2O8. The van der Waals surface area contributed by atoms with Crippen molar-refractivity contribution in [1.82, 2.24) is 10.2 Å². The monoisotopic (exact) mass is 822 g/mol. The number of ether oxygens (including phenoxy) is 3. The van der Waals surface area contributed by atoms with Gasteiger partial charge in [-0.05, 0) is 139 Å². The number of aliphatic hydroxyl groups excluding tert-OH is 3. The Bertz CT molecular complexity index is 1400. The lowest BCUT2D eigenvalue weighted by atomic mass is 9.49. The van der Waals surface area contributed by atoms with Crippen molar-refractivity contribution < 1.29 is 39.1 Å². The standard InChI is InChI=1S/C40H59IN2O8/c1-23(2)30-6-5-24(3)9-33(30)50-21-36(46)43(22-40-17-25-10-26(18-40)12-27(11-25)19-40)32-15-29(39(48)42-7-8-44)16-34(37(32)47)51-38-31(41)13-28(20-45)14-35(38)49-4/h13-14,16,23-27,30,32-34,37,44-45,47H,5-12,15,17-22H2,1-4H3,(H,42,48)/t24-,25?,26?,27?,30+,32+,33-,34-,37-,40?/m0/s1. The molecule has 7 rings (SSSR count). The number of nitrogens with one attached hydrogen (secondary N) is 1. The fraction of sp³-hybridized carbons (Fsp3) is 0.750. The number of benzene rings is 1. The Balaban J connectivity index is 1.33. The molecule has 2 amide bonds. The van der Waals surface area contributed by atoms with E-state index < -0.39 is 18.2 Å². The molecule has 6 aliphatic rings. The van der Waals surface area contributed by atoms with Gasteiger partial charge in [-0.1, -0.05) is 27.2 Å². The van der Waals surface area contributed by atoms with E-state index in [0.29, 0.717) is 68.3 Å². The van der Waals surface area contributed by atoms with E-state index in [1.165, 1.54) is 32.8 Å². The maximum atomic E-state index is 14.7. The van der Waals surface area contributed by atoms with Crippen molar-refractivity contribution in [3.8, 4) is 11.5 Å². The minimum Gasteiger partial charge on any atom is -0.493 e. The molecule has 0 aliphatic heterocycles. The molecule has 4 bridgehead atoms. The van der Waals surface area contributed by atoms with Crippen LogP contribution < -0.4 is 14.8 Å². The van der Waals surface area contributed by atoms with E-state index in [1.54, 1.807) is 18.2 Å². The van der Waals surface area contributed by atoms with Crippen LogP contribution in [0.2, 0.25) is 0 Å². The summed E-state index contributed by atoms with van der Waals surface area (Å²) < 4.78 is 19.4. The quantitative estimate of drug-likeness (QED) is 0.188. The number of hydrogen-bond acceptors (Lipinski definition) is 8. The van der Waals surface area contributed by atoms with E-state index in [2.05, 4.69) is 48.7 Å². The molecule has 0 heterocycles. The van der Waals surface area contributed by atoms with Crippen molar-refractivity contribution in [2.45, 2.75) is 116 Å². The average molecular weight is 823 g/mol. The molecule has 0 unspecified atom stereocenters. The van der Waals surface area contributed by atoms with Crippen LogP contribution in [0, 0.1) is 44.5 Å². The summed E-state index contributed by atoms with van der Waals surface area (Å²) in [7, 11) is 1.52. The Morgan fingerprint density at radius 3 is 2.35 bits per heavy atom. The van der Waals surface area contributed by atoms with Crippen LogP contribution >= 0.6 is 22.6 Å². The van der Waals surface area contributed by atoms with Crippen molar-refractivity contribution in [2.75, 3.05) is 33.4 Å². The number of rotatable bonds is 14. The van der Waals surface area contributed by atoms with E-state index in [0.717, 1.165) is 32.1 Å². The molecular weight excluding hydrogens is 763 g/mol. The number of methoxy groups -OCH3 is 1. The van der Waals surface area contributed by atoms with Gasteiger partial charge in [0.2, 0.25) is 11.8 Å². The molecule has 6 aliphatic carbocycles. The highest BCUT2D eigenvalue weighted by molar-refractivity contribution is 14.1. The summed E-state index contributed by atoms with van der Waals surface area (Å²) in [6, 6.07) is 2.76. The summed E-state index contributed by atoms with van der Waals surface area (Å²) in [5.74, 6) is 3.72. The third kappa shape index (κ3) is 8.74. The van der Waals surface area contributed by atoms with Crippen LogP contribution in [-0.2, 0) is 20.9 Å². The SMILES string of the molecule is COc1cc(CO)cc(I)c1O[C@H]1C=C(C(=O)NCCO)C[C@@H](N(CC23CC4CC(CC(C4)C2)C3)C(=O)CO[C@H]2C[C@@H](C)CC[C@@H]2C(C)C)[C@@H]1O. The van der Waals surface area contributed by atoms with Crippen LogP contribution in [0.1, 0.15) is 90.5 Å². The van der Waals surface area contributed by atoms with Gasteiger partial charge in [0.05, 0.1) is 36.0 Å². The second-order valence-electron chi connectivity index (χ2n) is 16.9. The predicted molar refractivity (Wildman–Crippen MR) is 202 cm³/mol. The summed E-state index contributed by atoms with van der Waals surface area (Å²) in [4.78, 5) is 30.1. The van der Waals surface area contributed by atoms with E-state index in [9.17, 15) is 24.9 Å². The molecule has 1 aromatic carbocycles. The first-order valence-electron chi connectivity index (χ1n) is 19.2. The predicted octanol–water partition coefficient (Wildman–Crippen LogP) is 5.23. The summed E-state index contributed by atoms with van der Waals surface area (Å²) in [5.41, 5.74) is 1.04. The summed E-state index contributed by atoms with van der Waals surface area (Å²) in [5, 5.41) is 34.3. The molecule has 0 radical (unpaired) electrons. The third-order valence-electron chi connectivity index (χ3n) is 12.7.